The molecule has 0 bridgehead atoms. The predicted octanol–water partition coefficient (Wildman–Crippen LogP) is 3.33. The molecule has 1 aliphatic heterocycles. The van der Waals surface area contributed by atoms with E-state index in [1.807, 2.05) is 0 Å². The van der Waals surface area contributed by atoms with Gasteiger partial charge in [-0.3, -0.25) is 0 Å². The molecule has 0 amide bonds. The van der Waals surface area contributed by atoms with Crippen molar-refractivity contribution in [3.63, 3.8) is 0 Å². The maximum absolute atomic E-state index is 13.0. The number of halogens is 4. The van der Waals surface area contributed by atoms with Gasteiger partial charge in [0, 0.05) is 10.4 Å². The fourth-order valence-corrected chi connectivity index (χ4v) is 2.36. The molecule has 1 aliphatic rings. The van der Waals surface area contributed by atoms with E-state index in [1.165, 1.54) is 6.07 Å². The number of hydrogen-bond acceptors (Lipinski definition) is 2. The summed E-state index contributed by atoms with van der Waals surface area (Å²) in [5.41, 5.74) is -1.82. The van der Waals surface area contributed by atoms with Gasteiger partial charge in [-0.1, -0.05) is 28.9 Å². The van der Waals surface area contributed by atoms with Crippen molar-refractivity contribution in [3.8, 4) is 0 Å². The zero-order chi connectivity index (χ0) is 13.6. The normalized spacial score (nSPS) is 20.3. The highest BCUT2D eigenvalue weighted by molar-refractivity contribution is 9.10. The molecule has 0 radical (unpaired) electrons. The van der Waals surface area contributed by atoms with Gasteiger partial charge in [0.25, 0.3) is 0 Å². The predicted molar refractivity (Wildman–Crippen MR) is 63.3 cm³/mol. The lowest BCUT2D eigenvalue weighted by Gasteiger charge is -2.42. The van der Waals surface area contributed by atoms with Gasteiger partial charge in [-0.15, -0.1) is 0 Å². The van der Waals surface area contributed by atoms with Crippen molar-refractivity contribution in [2.24, 2.45) is 0 Å². The van der Waals surface area contributed by atoms with E-state index in [0.29, 0.717) is 4.47 Å². The lowest BCUT2D eigenvalue weighted by Crippen LogP contribution is -2.53. The number of benzene rings is 1. The minimum Gasteiger partial charge on any atom is -0.384 e. The summed E-state index contributed by atoms with van der Waals surface area (Å²) in [5.74, 6) is -0.629. The average molecular weight is 325 g/mol. The van der Waals surface area contributed by atoms with Gasteiger partial charge in [0.2, 0.25) is 0 Å². The molecule has 1 atom stereocenters. The minimum absolute atomic E-state index is 0.0710. The quantitative estimate of drug-likeness (QED) is 0.904. The van der Waals surface area contributed by atoms with Crippen LogP contribution in [-0.4, -0.2) is 23.9 Å². The second-order valence-corrected chi connectivity index (χ2v) is 5.46. The van der Waals surface area contributed by atoms with Gasteiger partial charge in [0.05, 0.1) is 18.8 Å². The molecule has 1 saturated heterocycles. The average Bonchev–Trinajstić information content (AvgIpc) is 2.23. The molecule has 1 N–H and O–H groups in total. The summed E-state index contributed by atoms with van der Waals surface area (Å²) in [5, 5.41) is 10.1. The topological polar surface area (TPSA) is 29.5 Å². The van der Waals surface area contributed by atoms with Crippen LogP contribution in [0.4, 0.5) is 13.2 Å². The van der Waals surface area contributed by atoms with Crippen molar-refractivity contribution in [1.82, 2.24) is 0 Å². The standard InChI is InChI=1S/C12H12BrF3O2/c1-7(11(17)5-18-6-11)9-3-2-8(13)4-10(9)12(14,15)16/h2-4,7,17H,5-6H2,1H3. The van der Waals surface area contributed by atoms with Crippen molar-refractivity contribution < 1.29 is 23.0 Å². The highest BCUT2D eigenvalue weighted by Crippen LogP contribution is 2.41. The Kier molecular flexibility index (Phi) is 3.46. The monoisotopic (exact) mass is 324 g/mol. The summed E-state index contributed by atoms with van der Waals surface area (Å²) < 4.78 is 44.1. The molecular formula is C12H12BrF3O2. The first kappa shape index (κ1) is 13.8. The van der Waals surface area contributed by atoms with Crippen molar-refractivity contribution in [2.75, 3.05) is 13.2 Å². The molecular weight excluding hydrogens is 313 g/mol. The van der Waals surface area contributed by atoms with Crippen molar-refractivity contribution in [3.05, 3.63) is 33.8 Å². The summed E-state index contributed by atoms with van der Waals surface area (Å²) in [6.45, 7) is 1.73. The van der Waals surface area contributed by atoms with Crippen LogP contribution in [0.5, 0.6) is 0 Å². The van der Waals surface area contributed by atoms with Gasteiger partial charge in [-0.25, -0.2) is 0 Å². The molecule has 18 heavy (non-hydrogen) atoms. The Labute approximate surface area is 111 Å². The first-order chi connectivity index (χ1) is 8.24. The fourth-order valence-electron chi connectivity index (χ4n) is 2.00. The SMILES string of the molecule is CC(c1ccc(Br)cc1C(F)(F)F)C1(O)COC1. The van der Waals surface area contributed by atoms with Crippen LogP contribution in [0.1, 0.15) is 24.0 Å². The third-order valence-corrected chi connectivity index (χ3v) is 3.79. The Balaban J connectivity index is 2.44. The van der Waals surface area contributed by atoms with E-state index in [9.17, 15) is 18.3 Å². The summed E-state index contributed by atoms with van der Waals surface area (Å²) in [4.78, 5) is 0. The van der Waals surface area contributed by atoms with Crippen LogP contribution in [0.25, 0.3) is 0 Å². The molecule has 6 heteroatoms. The lowest BCUT2D eigenvalue weighted by molar-refractivity contribution is -0.190. The number of alkyl halides is 3. The molecule has 100 valence electrons. The summed E-state index contributed by atoms with van der Waals surface area (Å²) in [6, 6.07) is 3.98. The van der Waals surface area contributed by atoms with E-state index in [4.69, 9.17) is 4.74 Å². The summed E-state index contributed by atoms with van der Waals surface area (Å²) >= 11 is 3.03. The van der Waals surface area contributed by atoms with Crippen LogP contribution in [0.2, 0.25) is 0 Å². The molecule has 0 aliphatic carbocycles. The minimum atomic E-state index is -4.44. The molecule has 1 aromatic carbocycles. The fraction of sp³-hybridized carbons (Fsp3) is 0.500. The summed E-state index contributed by atoms with van der Waals surface area (Å²) in [6.07, 6.45) is -4.44. The van der Waals surface area contributed by atoms with Gasteiger partial charge in [0.15, 0.2) is 0 Å². The molecule has 1 heterocycles. The number of rotatable bonds is 2. The molecule has 1 fully saturated rings. The van der Waals surface area contributed by atoms with E-state index in [2.05, 4.69) is 15.9 Å². The molecule has 0 aromatic heterocycles. The van der Waals surface area contributed by atoms with E-state index >= 15 is 0 Å². The van der Waals surface area contributed by atoms with Crippen molar-refractivity contribution >= 4 is 15.9 Å². The first-order valence-electron chi connectivity index (χ1n) is 5.41. The largest absolute Gasteiger partial charge is 0.416 e. The molecule has 0 spiro atoms. The number of ether oxygens (including phenoxy) is 1. The van der Waals surface area contributed by atoms with Crippen molar-refractivity contribution in [1.29, 1.82) is 0 Å². The van der Waals surface area contributed by atoms with Gasteiger partial charge in [-0.05, 0) is 17.7 Å². The third kappa shape index (κ3) is 2.41. The lowest BCUT2D eigenvalue weighted by atomic mass is 9.80. The van der Waals surface area contributed by atoms with E-state index < -0.39 is 23.3 Å². The Morgan fingerprint density at radius 2 is 2.00 bits per heavy atom. The van der Waals surface area contributed by atoms with Crippen LogP contribution in [0.3, 0.4) is 0 Å². The Hall–Kier alpha value is -0.590. The Bertz CT molecular complexity index is 455. The van der Waals surface area contributed by atoms with Gasteiger partial charge >= 0.3 is 6.18 Å². The smallest absolute Gasteiger partial charge is 0.384 e. The highest BCUT2D eigenvalue weighted by atomic mass is 79.9. The molecule has 0 saturated carbocycles. The van der Waals surface area contributed by atoms with Crippen LogP contribution >= 0.6 is 15.9 Å². The van der Waals surface area contributed by atoms with Crippen LogP contribution < -0.4 is 0 Å². The van der Waals surface area contributed by atoms with E-state index in [0.717, 1.165) is 6.07 Å². The van der Waals surface area contributed by atoms with Crippen LogP contribution in [0.15, 0.2) is 22.7 Å². The highest BCUT2D eigenvalue weighted by Gasteiger charge is 2.45. The van der Waals surface area contributed by atoms with Gasteiger partial charge in [-0.2, -0.15) is 13.2 Å². The van der Waals surface area contributed by atoms with E-state index in [-0.39, 0.29) is 18.8 Å². The second-order valence-electron chi connectivity index (χ2n) is 4.55. The molecule has 2 nitrogen and oxygen atoms in total. The zero-order valence-electron chi connectivity index (χ0n) is 9.59. The first-order valence-corrected chi connectivity index (χ1v) is 6.20. The van der Waals surface area contributed by atoms with Gasteiger partial charge in [0.1, 0.15) is 5.60 Å². The molecule has 1 unspecified atom stereocenters. The van der Waals surface area contributed by atoms with Gasteiger partial charge < -0.3 is 9.84 Å². The van der Waals surface area contributed by atoms with Crippen LogP contribution in [0, 0.1) is 0 Å². The van der Waals surface area contributed by atoms with Crippen LogP contribution in [-0.2, 0) is 10.9 Å². The zero-order valence-corrected chi connectivity index (χ0v) is 11.2. The maximum Gasteiger partial charge on any atom is 0.416 e. The summed E-state index contributed by atoms with van der Waals surface area (Å²) in [7, 11) is 0. The van der Waals surface area contributed by atoms with Crippen molar-refractivity contribution in [2.45, 2.75) is 24.6 Å². The second kappa shape index (κ2) is 4.51. The molecule has 2 rings (SSSR count). The third-order valence-electron chi connectivity index (χ3n) is 3.30. The number of hydrogen-bond donors (Lipinski definition) is 1. The number of aliphatic hydroxyl groups is 1. The molecule has 1 aromatic rings. The Morgan fingerprint density at radius 1 is 1.39 bits per heavy atom. The maximum atomic E-state index is 13.0. The Morgan fingerprint density at radius 3 is 2.44 bits per heavy atom. The van der Waals surface area contributed by atoms with E-state index in [1.54, 1.807) is 13.0 Å².